The molecule has 0 bridgehead atoms. The highest BCUT2D eigenvalue weighted by atomic mass is 16.5. The van der Waals surface area contributed by atoms with Crippen molar-refractivity contribution in [1.29, 1.82) is 0 Å². The topological polar surface area (TPSA) is 63.0 Å². The van der Waals surface area contributed by atoms with Gasteiger partial charge >= 0.3 is 0 Å². The fraction of sp³-hybridized carbons (Fsp3) is 0.211. The Morgan fingerprint density at radius 3 is 2.67 bits per heavy atom. The van der Waals surface area contributed by atoms with E-state index in [1.54, 1.807) is 13.2 Å². The lowest BCUT2D eigenvalue weighted by molar-refractivity contribution is -0.872. The van der Waals surface area contributed by atoms with Crippen LogP contribution in [0.15, 0.2) is 42.2 Å². The fourth-order valence-electron chi connectivity index (χ4n) is 2.74. The number of fused-ring (bicyclic) bond motifs is 1. The van der Waals surface area contributed by atoms with Gasteiger partial charge in [-0.3, -0.25) is 4.79 Å². The maximum absolute atomic E-state index is 12.6. The van der Waals surface area contributed by atoms with E-state index in [9.17, 15) is 9.90 Å². The Balaban J connectivity index is 2.03. The highest BCUT2D eigenvalue weighted by Gasteiger charge is 2.30. The van der Waals surface area contributed by atoms with Crippen LogP contribution in [0.4, 0.5) is 0 Å². The number of rotatable bonds is 4. The van der Waals surface area contributed by atoms with E-state index in [0.717, 1.165) is 10.5 Å². The third kappa shape index (κ3) is 2.86. The molecule has 5 heteroatoms. The zero-order valence-corrected chi connectivity index (χ0v) is 13.9. The molecule has 0 amide bonds. The number of ketones is 1. The molecule has 2 aromatic rings. The Morgan fingerprint density at radius 2 is 1.96 bits per heavy atom. The third-order valence-corrected chi connectivity index (χ3v) is 3.85. The molecular weight excluding hydrogens is 306 g/mol. The number of hydrogen-bond acceptors (Lipinski definition) is 4. The molecule has 2 aromatic carbocycles. The summed E-state index contributed by atoms with van der Waals surface area (Å²) in [4.78, 5) is 13.7. The van der Waals surface area contributed by atoms with Crippen molar-refractivity contribution in [2.24, 2.45) is 0 Å². The van der Waals surface area contributed by atoms with Gasteiger partial charge in [0.25, 0.3) is 0 Å². The first kappa shape index (κ1) is 16.1. The van der Waals surface area contributed by atoms with Gasteiger partial charge in [-0.2, -0.15) is 0 Å². The fourth-order valence-corrected chi connectivity index (χ4v) is 2.74. The smallest absolute Gasteiger partial charge is 0.231 e. The van der Waals surface area contributed by atoms with E-state index in [1.165, 1.54) is 12.1 Å². The molecule has 5 nitrogen and oxygen atoms in total. The minimum atomic E-state index is -0.217. The average molecular weight is 325 g/mol. The Morgan fingerprint density at radius 1 is 1.21 bits per heavy atom. The first-order chi connectivity index (χ1) is 11.5. The molecule has 1 aliphatic rings. The molecule has 0 fully saturated rings. The van der Waals surface area contributed by atoms with Crippen molar-refractivity contribution in [3.05, 3.63) is 58.8 Å². The Kier molecular flexibility index (Phi) is 4.27. The third-order valence-electron chi connectivity index (χ3n) is 3.85. The van der Waals surface area contributed by atoms with Gasteiger partial charge in [0.05, 0.1) is 26.8 Å². The number of nitrogens with one attached hydrogen (secondary N) is 1. The van der Waals surface area contributed by atoms with Gasteiger partial charge < -0.3 is 19.5 Å². The number of methoxy groups -OCH3 is 1. The van der Waals surface area contributed by atoms with Gasteiger partial charge in [-0.1, -0.05) is 30.0 Å². The monoisotopic (exact) mass is 325 g/mol. The van der Waals surface area contributed by atoms with E-state index in [4.69, 9.17) is 9.47 Å². The highest BCUT2D eigenvalue weighted by Crippen LogP contribution is 2.38. The van der Waals surface area contributed by atoms with E-state index in [2.05, 4.69) is 0 Å². The van der Waals surface area contributed by atoms with Crippen molar-refractivity contribution in [1.82, 2.24) is 0 Å². The molecule has 0 radical (unpaired) electrons. The first-order valence-electron chi connectivity index (χ1n) is 7.70. The van der Waals surface area contributed by atoms with Crippen LogP contribution in [0, 0.1) is 0 Å². The van der Waals surface area contributed by atoms with Crippen LogP contribution in [0.2, 0.25) is 0 Å². The van der Waals surface area contributed by atoms with E-state index in [0.29, 0.717) is 29.2 Å². The molecule has 3 rings (SSSR count). The van der Waals surface area contributed by atoms with Crippen molar-refractivity contribution in [2.45, 2.75) is 6.54 Å². The number of carbonyl (C=O) groups excluding carboxylic acids is 1. The number of benzene rings is 2. The summed E-state index contributed by atoms with van der Waals surface area (Å²) in [5, 5.41) is 12.1. The Labute approximate surface area is 140 Å². The second-order valence-electron chi connectivity index (χ2n) is 5.98. The van der Waals surface area contributed by atoms with Gasteiger partial charge in [0.2, 0.25) is 5.78 Å². The summed E-state index contributed by atoms with van der Waals surface area (Å²) in [5.41, 5.74) is 1.72. The molecule has 0 saturated heterocycles. The number of ether oxygens (including phenoxy) is 2. The predicted octanol–water partition coefficient (Wildman–Crippen LogP) is 1.03. The molecule has 1 aliphatic heterocycles. The maximum Gasteiger partial charge on any atom is 0.231 e. The summed E-state index contributed by atoms with van der Waals surface area (Å²) in [6.45, 7) is 0.497. The molecule has 24 heavy (non-hydrogen) atoms. The second-order valence-corrected chi connectivity index (χ2v) is 5.98. The van der Waals surface area contributed by atoms with Crippen LogP contribution in [0.3, 0.4) is 0 Å². The normalized spacial score (nSPS) is 14.8. The molecule has 1 N–H and O–H groups in total. The SMILES string of the molecule is COc1ccccc1/C=C1\Oc2c(ccc([O-])c2C[NH+](C)C)C1=O. The zero-order chi connectivity index (χ0) is 17.3. The van der Waals surface area contributed by atoms with Gasteiger partial charge in [0.15, 0.2) is 5.76 Å². The van der Waals surface area contributed by atoms with E-state index < -0.39 is 0 Å². The van der Waals surface area contributed by atoms with Crippen molar-refractivity contribution in [3.63, 3.8) is 0 Å². The highest BCUT2D eigenvalue weighted by molar-refractivity contribution is 6.15. The van der Waals surface area contributed by atoms with E-state index in [-0.39, 0.29) is 17.3 Å². The van der Waals surface area contributed by atoms with Crippen molar-refractivity contribution < 1.29 is 24.3 Å². The largest absolute Gasteiger partial charge is 0.872 e. The standard InChI is InChI=1S/C19H19NO4/c1-20(2)11-14-15(21)9-8-13-18(22)17(24-19(13)14)10-12-6-4-5-7-16(12)23-3/h4-10,21H,11H2,1-3H3/b17-10-. The molecule has 0 spiro atoms. The minimum Gasteiger partial charge on any atom is -0.872 e. The van der Waals surface area contributed by atoms with Gasteiger partial charge in [-0.15, -0.1) is 0 Å². The quantitative estimate of drug-likeness (QED) is 0.853. The van der Waals surface area contributed by atoms with E-state index in [1.807, 2.05) is 38.4 Å². The Hall–Kier alpha value is -2.79. The lowest BCUT2D eigenvalue weighted by atomic mass is 10.0. The molecule has 0 unspecified atom stereocenters. The molecule has 0 saturated carbocycles. The van der Waals surface area contributed by atoms with Gasteiger partial charge in [0, 0.05) is 11.1 Å². The van der Waals surface area contributed by atoms with Crippen LogP contribution in [0.5, 0.6) is 17.2 Å². The summed E-state index contributed by atoms with van der Waals surface area (Å²) in [7, 11) is 5.47. The second kappa shape index (κ2) is 6.37. The molecule has 0 aromatic heterocycles. The lowest BCUT2D eigenvalue weighted by Crippen LogP contribution is -3.04. The lowest BCUT2D eigenvalue weighted by Gasteiger charge is -2.17. The van der Waals surface area contributed by atoms with Crippen LogP contribution in [-0.2, 0) is 6.54 Å². The number of para-hydroxylation sites is 1. The molecule has 0 aliphatic carbocycles. The van der Waals surface area contributed by atoms with Crippen molar-refractivity contribution in [3.8, 4) is 17.2 Å². The summed E-state index contributed by atoms with van der Waals surface area (Å²) in [5.74, 6) is 0.914. The van der Waals surface area contributed by atoms with Crippen LogP contribution < -0.4 is 19.5 Å². The van der Waals surface area contributed by atoms with Crippen molar-refractivity contribution in [2.75, 3.05) is 21.2 Å². The van der Waals surface area contributed by atoms with Crippen LogP contribution in [0.25, 0.3) is 6.08 Å². The maximum atomic E-state index is 12.6. The molecule has 0 atom stereocenters. The predicted molar refractivity (Wildman–Crippen MR) is 88.3 cm³/mol. The summed E-state index contributed by atoms with van der Waals surface area (Å²) >= 11 is 0. The molecule has 1 heterocycles. The molecule has 124 valence electrons. The zero-order valence-electron chi connectivity index (χ0n) is 13.9. The summed E-state index contributed by atoms with van der Waals surface area (Å²) in [6, 6.07) is 10.3. The van der Waals surface area contributed by atoms with Gasteiger partial charge in [0.1, 0.15) is 18.0 Å². The number of Topliss-reactive ketones (excluding diaryl/α,β-unsaturated/α-hetero) is 1. The van der Waals surface area contributed by atoms with Gasteiger partial charge in [-0.05, 0) is 18.2 Å². The summed E-state index contributed by atoms with van der Waals surface area (Å²) < 4.78 is 11.1. The van der Waals surface area contributed by atoms with Crippen molar-refractivity contribution >= 4 is 11.9 Å². The number of hydrogen-bond donors (Lipinski definition) is 1. The van der Waals surface area contributed by atoms with Gasteiger partial charge in [-0.25, -0.2) is 0 Å². The molecular formula is C19H19NO4. The number of allylic oxidation sites excluding steroid dienone is 1. The first-order valence-corrected chi connectivity index (χ1v) is 7.70. The van der Waals surface area contributed by atoms with E-state index >= 15 is 0 Å². The van der Waals surface area contributed by atoms with Crippen LogP contribution in [-0.4, -0.2) is 27.0 Å². The average Bonchev–Trinajstić information content (AvgIpc) is 2.87. The number of quaternary nitrogens is 1. The number of carbonyl (C=O) groups is 1. The van der Waals surface area contributed by atoms with Crippen LogP contribution >= 0.6 is 0 Å². The Bertz CT molecular complexity index is 824. The minimum absolute atomic E-state index is 0.110. The summed E-state index contributed by atoms with van der Waals surface area (Å²) in [6.07, 6.45) is 1.65. The van der Waals surface area contributed by atoms with Crippen LogP contribution in [0.1, 0.15) is 21.5 Å².